The van der Waals surface area contributed by atoms with Crippen molar-refractivity contribution in [3.05, 3.63) is 11.9 Å². The molecule has 1 rings (SSSR count). The van der Waals surface area contributed by atoms with Crippen LogP contribution in [0.5, 0.6) is 0 Å². The van der Waals surface area contributed by atoms with Gasteiger partial charge in [0.15, 0.2) is 0 Å². The number of hydrogen-bond acceptors (Lipinski definition) is 5. The van der Waals surface area contributed by atoms with Crippen LogP contribution in [0.25, 0.3) is 0 Å². The fourth-order valence-electron chi connectivity index (χ4n) is 1.24. The summed E-state index contributed by atoms with van der Waals surface area (Å²) >= 11 is 0. The zero-order chi connectivity index (χ0) is 12.1. The lowest BCUT2D eigenvalue weighted by molar-refractivity contribution is 0.188. The molecule has 1 aromatic rings. The number of aromatic nitrogens is 2. The van der Waals surface area contributed by atoms with E-state index in [0.29, 0.717) is 18.8 Å². The first-order chi connectivity index (χ1) is 7.49. The molecule has 0 aliphatic heterocycles. The summed E-state index contributed by atoms with van der Waals surface area (Å²) in [6.45, 7) is 6.48. The van der Waals surface area contributed by atoms with Gasteiger partial charge in [0.25, 0.3) is 0 Å². The lowest BCUT2D eigenvalue weighted by Crippen LogP contribution is -2.12. The van der Waals surface area contributed by atoms with E-state index in [1.54, 1.807) is 13.0 Å². The monoisotopic (exact) mass is 224 g/mol. The molecule has 4 N–H and O–H groups in total. The van der Waals surface area contributed by atoms with Gasteiger partial charge in [0.05, 0.1) is 6.10 Å². The van der Waals surface area contributed by atoms with Crippen LogP contribution in [0.3, 0.4) is 0 Å². The van der Waals surface area contributed by atoms with Gasteiger partial charge < -0.3 is 16.2 Å². The van der Waals surface area contributed by atoms with E-state index in [2.05, 4.69) is 15.3 Å². The van der Waals surface area contributed by atoms with E-state index in [1.807, 2.05) is 13.8 Å². The van der Waals surface area contributed by atoms with Crippen LogP contribution < -0.4 is 11.1 Å². The number of hydrogen-bond donors (Lipinski definition) is 3. The van der Waals surface area contributed by atoms with Crippen molar-refractivity contribution in [3.63, 3.8) is 0 Å². The lowest BCUT2D eigenvalue weighted by atomic mass is 10.2. The predicted octanol–water partition coefficient (Wildman–Crippen LogP) is 1.36. The highest BCUT2D eigenvalue weighted by Gasteiger charge is 2.06. The maximum absolute atomic E-state index is 9.13. The van der Waals surface area contributed by atoms with E-state index in [0.717, 1.165) is 11.6 Å². The number of aliphatic hydroxyl groups excluding tert-OH is 1. The van der Waals surface area contributed by atoms with Crippen LogP contribution in [0.4, 0.5) is 11.6 Å². The molecule has 0 radical (unpaired) electrons. The number of nitrogens with one attached hydrogen (secondary N) is 1. The quantitative estimate of drug-likeness (QED) is 0.703. The summed E-state index contributed by atoms with van der Waals surface area (Å²) in [6, 6.07) is 1.70. The molecular weight excluding hydrogens is 204 g/mol. The molecule has 5 nitrogen and oxygen atoms in total. The van der Waals surface area contributed by atoms with Crippen molar-refractivity contribution in [2.24, 2.45) is 0 Å². The second-order valence-corrected chi connectivity index (χ2v) is 4.26. The van der Waals surface area contributed by atoms with Crippen LogP contribution in [0.2, 0.25) is 0 Å². The Morgan fingerprint density at radius 2 is 2.06 bits per heavy atom. The van der Waals surface area contributed by atoms with Gasteiger partial charge in [-0.15, -0.1) is 0 Å². The van der Waals surface area contributed by atoms with Gasteiger partial charge >= 0.3 is 0 Å². The average Bonchev–Trinajstić information content (AvgIpc) is 2.16. The van der Waals surface area contributed by atoms with E-state index in [9.17, 15) is 0 Å². The topological polar surface area (TPSA) is 84.1 Å². The normalized spacial score (nSPS) is 12.8. The first kappa shape index (κ1) is 12.7. The molecule has 16 heavy (non-hydrogen) atoms. The Morgan fingerprint density at radius 3 is 2.62 bits per heavy atom. The summed E-state index contributed by atoms with van der Waals surface area (Å²) in [5, 5.41) is 12.3. The van der Waals surface area contributed by atoms with Crippen LogP contribution in [-0.2, 0) is 0 Å². The Labute approximate surface area is 96.1 Å². The van der Waals surface area contributed by atoms with Gasteiger partial charge in [0.2, 0.25) is 0 Å². The first-order valence-electron chi connectivity index (χ1n) is 5.55. The molecule has 1 heterocycles. The smallest absolute Gasteiger partial charge is 0.135 e. The molecule has 0 spiro atoms. The van der Waals surface area contributed by atoms with Crippen molar-refractivity contribution in [1.82, 2.24) is 9.97 Å². The minimum Gasteiger partial charge on any atom is -0.393 e. The highest BCUT2D eigenvalue weighted by molar-refractivity contribution is 5.44. The molecule has 0 aromatic carbocycles. The van der Waals surface area contributed by atoms with Crippen LogP contribution in [0, 0.1) is 0 Å². The van der Waals surface area contributed by atoms with Crippen molar-refractivity contribution < 1.29 is 5.11 Å². The molecule has 0 saturated carbocycles. The summed E-state index contributed by atoms with van der Waals surface area (Å²) in [4.78, 5) is 8.50. The molecule has 0 bridgehead atoms. The summed E-state index contributed by atoms with van der Waals surface area (Å²) in [6.07, 6.45) is 0.372. The largest absolute Gasteiger partial charge is 0.393 e. The van der Waals surface area contributed by atoms with Crippen molar-refractivity contribution in [1.29, 1.82) is 0 Å². The molecule has 0 aliphatic carbocycles. The molecule has 1 aromatic heterocycles. The maximum Gasteiger partial charge on any atom is 0.135 e. The van der Waals surface area contributed by atoms with Crippen molar-refractivity contribution in [3.8, 4) is 0 Å². The number of rotatable bonds is 5. The standard InChI is InChI=1S/C11H20N4O/c1-7(2)11-14-9(12)6-10(15-11)13-5-4-8(3)16/h6-8,16H,4-5H2,1-3H3,(H3,12,13,14,15). The summed E-state index contributed by atoms with van der Waals surface area (Å²) in [5.41, 5.74) is 5.69. The van der Waals surface area contributed by atoms with Crippen LogP contribution in [-0.4, -0.2) is 27.7 Å². The number of nitrogen functional groups attached to an aromatic ring is 1. The highest BCUT2D eigenvalue weighted by atomic mass is 16.3. The third-order valence-electron chi connectivity index (χ3n) is 2.15. The summed E-state index contributed by atoms with van der Waals surface area (Å²) in [5.74, 6) is 2.18. The predicted molar refractivity (Wildman–Crippen MR) is 65.3 cm³/mol. The Balaban J connectivity index is 2.65. The molecular formula is C11H20N4O. The van der Waals surface area contributed by atoms with E-state index in [1.165, 1.54) is 0 Å². The highest BCUT2D eigenvalue weighted by Crippen LogP contribution is 2.14. The minimum atomic E-state index is -0.309. The zero-order valence-corrected chi connectivity index (χ0v) is 10.1. The molecule has 5 heteroatoms. The van der Waals surface area contributed by atoms with Gasteiger partial charge in [0, 0.05) is 18.5 Å². The molecule has 0 saturated heterocycles. The molecule has 0 fully saturated rings. The molecule has 90 valence electrons. The Hall–Kier alpha value is -1.36. The second kappa shape index (κ2) is 5.65. The van der Waals surface area contributed by atoms with Gasteiger partial charge in [-0.05, 0) is 13.3 Å². The van der Waals surface area contributed by atoms with E-state index >= 15 is 0 Å². The Morgan fingerprint density at radius 1 is 1.38 bits per heavy atom. The molecule has 0 aliphatic rings. The summed E-state index contributed by atoms with van der Waals surface area (Å²) in [7, 11) is 0. The second-order valence-electron chi connectivity index (χ2n) is 4.26. The number of anilines is 2. The Kier molecular flexibility index (Phi) is 4.49. The SMILES string of the molecule is CC(O)CCNc1cc(N)nc(C(C)C)n1. The van der Waals surface area contributed by atoms with Gasteiger partial charge in [-0.3, -0.25) is 0 Å². The van der Waals surface area contributed by atoms with Crippen LogP contribution in [0.15, 0.2) is 6.07 Å². The fourth-order valence-corrected chi connectivity index (χ4v) is 1.24. The van der Waals surface area contributed by atoms with Crippen molar-refractivity contribution in [2.75, 3.05) is 17.6 Å². The lowest BCUT2D eigenvalue weighted by Gasteiger charge is -2.10. The van der Waals surface area contributed by atoms with E-state index in [-0.39, 0.29) is 12.0 Å². The van der Waals surface area contributed by atoms with Gasteiger partial charge in [-0.25, -0.2) is 9.97 Å². The molecule has 1 atom stereocenters. The van der Waals surface area contributed by atoms with Crippen LogP contribution >= 0.6 is 0 Å². The third kappa shape index (κ3) is 4.02. The number of nitrogens with zero attached hydrogens (tertiary/aromatic N) is 2. The number of nitrogens with two attached hydrogens (primary N) is 1. The molecule has 0 amide bonds. The maximum atomic E-state index is 9.13. The third-order valence-corrected chi connectivity index (χ3v) is 2.15. The van der Waals surface area contributed by atoms with Gasteiger partial charge in [-0.2, -0.15) is 0 Å². The minimum absolute atomic E-state index is 0.251. The zero-order valence-electron chi connectivity index (χ0n) is 10.1. The number of aliphatic hydroxyl groups is 1. The van der Waals surface area contributed by atoms with Gasteiger partial charge in [0.1, 0.15) is 17.5 Å². The van der Waals surface area contributed by atoms with E-state index in [4.69, 9.17) is 10.8 Å². The van der Waals surface area contributed by atoms with Crippen molar-refractivity contribution >= 4 is 11.6 Å². The summed E-state index contributed by atoms with van der Waals surface area (Å²) < 4.78 is 0. The Bertz CT molecular complexity index is 339. The fraction of sp³-hybridized carbons (Fsp3) is 0.636. The first-order valence-corrected chi connectivity index (χ1v) is 5.55. The molecule has 1 unspecified atom stereocenters. The van der Waals surface area contributed by atoms with E-state index < -0.39 is 0 Å². The van der Waals surface area contributed by atoms with Crippen molar-refractivity contribution in [2.45, 2.75) is 39.2 Å². The van der Waals surface area contributed by atoms with Crippen LogP contribution in [0.1, 0.15) is 38.9 Å². The average molecular weight is 224 g/mol. The van der Waals surface area contributed by atoms with Gasteiger partial charge in [-0.1, -0.05) is 13.8 Å².